The standard InChI is InChI=1S/C14H16N2O3/c1-9-3-5-12(6-4-9)18-8-11-7-13(14(17)16-15)19-10(11)2/h3-7H,8,15H2,1-2H3,(H,16,17). The number of carbonyl (C=O) groups is 1. The summed E-state index contributed by atoms with van der Waals surface area (Å²) in [6.07, 6.45) is 0. The van der Waals surface area contributed by atoms with Crippen LogP contribution in [0, 0.1) is 13.8 Å². The Bertz CT molecular complexity index is 573. The molecule has 5 heteroatoms. The van der Waals surface area contributed by atoms with Crippen LogP contribution < -0.4 is 16.0 Å². The van der Waals surface area contributed by atoms with Crippen molar-refractivity contribution in [2.45, 2.75) is 20.5 Å². The SMILES string of the molecule is Cc1ccc(OCc2cc(C(=O)NN)oc2C)cc1. The van der Waals surface area contributed by atoms with Crippen molar-refractivity contribution in [1.29, 1.82) is 0 Å². The minimum absolute atomic E-state index is 0.183. The van der Waals surface area contributed by atoms with E-state index >= 15 is 0 Å². The Balaban J connectivity index is 2.05. The van der Waals surface area contributed by atoms with Gasteiger partial charge in [-0.05, 0) is 32.0 Å². The first-order valence-electron chi connectivity index (χ1n) is 5.90. The number of nitrogens with one attached hydrogen (secondary N) is 1. The second-order valence-corrected chi connectivity index (χ2v) is 4.27. The number of carbonyl (C=O) groups excluding carboxylic acids is 1. The van der Waals surface area contributed by atoms with Gasteiger partial charge in [0.2, 0.25) is 0 Å². The number of hydrogen-bond donors (Lipinski definition) is 2. The highest BCUT2D eigenvalue weighted by Gasteiger charge is 2.13. The Kier molecular flexibility index (Phi) is 3.87. The molecule has 0 aliphatic carbocycles. The third-order valence-corrected chi connectivity index (χ3v) is 2.79. The van der Waals surface area contributed by atoms with Crippen molar-refractivity contribution < 1.29 is 13.9 Å². The van der Waals surface area contributed by atoms with Crippen LogP contribution in [0.4, 0.5) is 0 Å². The van der Waals surface area contributed by atoms with E-state index in [9.17, 15) is 4.79 Å². The van der Waals surface area contributed by atoms with Gasteiger partial charge in [-0.25, -0.2) is 5.84 Å². The molecule has 0 fully saturated rings. The summed E-state index contributed by atoms with van der Waals surface area (Å²) < 4.78 is 10.9. The van der Waals surface area contributed by atoms with Crippen LogP contribution in [0.3, 0.4) is 0 Å². The molecule has 0 bridgehead atoms. The zero-order valence-corrected chi connectivity index (χ0v) is 10.9. The summed E-state index contributed by atoms with van der Waals surface area (Å²) in [5.74, 6) is 6.20. The first-order valence-corrected chi connectivity index (χ1v) is 5.90. The lowest BCUT2D eigenvalue weighted by Gasteiger charge is -2.05. The van der Waals surface area contributed by atoms with Gasteiger partial charge in [-0.3, -0.25) is 10.2 Å². The number of hydrogen-bond acceptors (Lipinski definition) is 4. The Labute approximate surface area is 111 Å². The van der Waals surface area contributed by atoms with E-state index in [1.165, 1.54) is 5.56 Å². The fraction of sp³-hybridized carbons (Fsp3) is 0.214. The highest BCUT2D eigenvalue weighted by atomic mass is 16.5. The number of furan rings is 1. The summed E-state index contributed by atoms with van der Waals surface area (Å²) >= 11 is 0. The summed E-state index contributed by atoms with van der Waals surface area (Å²) in [5.41, 5.74) is 4.02. The van der Waals surface area contributed by atoms with Gasteiger partial charge in [-0.2, -0.15) is 0 Å². The molecule has 1 heterocycles. The number of nitrogens with two attached hydrogens (primary N) is 1. The monoisotopic (exact) mass is 260 g/mol. The van der Waals surface area contributed by atoms with Gasteiger partial charge in [0.1, 0.15) is 18.1 Å². The molecule has 1 aromatic heterocycles. The highest BCUT2D eigenvalue weighted by molar-refractivity contribution is 5.91. The second-order valence-electron chi connectivity index (χ2n) is 4.27. The molecule has 3 N–H and O–H groups in total. The molecule has 1 aromatic carbocycles. The molecule has 0 saturated heterocycles. The number of nitrogen functional groups attached to an aromatic ring is 1. The summed E-state index contributed by atoms with van der Waals surface area (Å²) in [7, 11) is 0. The molecule has 5 nitrogen and oxygen atoms in total. The lowest BCUT2D eigenvalue weighted by Crippen LogP contribution is -2.29. The molecule has 0 saturated carbocycles. The van der Waals surface area contributed by atoms with Gasteiger partial charge in [0, 0.05) is 5.56 Å². The van der Waals surface area contributed by atoms with E-state index in [-0.39, 0.29) is 5.76 Å². The zero-order chi connectivity index (χ0) is 13.8. The summed E-state index contributed by atoms with van der Waals surface area (Å²) in [6.45, 7) is 4.14. The molecule has 0 unspecified atom stereocenters. The Morgan fingerprint density at radius 2 is 2.00 bits per heavy atom. The minimum Gasteiger partial charge on any atom is -0.489 e. The van der Waals surface area contributed by atoms with E-state index in [4.69, 9.17) is 15.0 Å². The van der Waals surface area contributed by atoms with Gasteiger partial charge in [-0.1, -0.05) is 17.7 Å². The average molecular weight is 260 g/mol. The fourth-order valence-electron chi connectivity index (χ4n) is 1.64. The van der Waals surface area contributed by atoms with Gasteiger partial charge < -0.3 is 9.15 Å². The molecule has 0 spiro atoms. The molecule has 19 heavy (non-hydrogen) atoms. The Morgan fingerprint density at radius 1 is 1.32 bits per heavy atom. The van der Waals surface area contributed by atoms with Crippen LogP contribution in [0.1, 0.15) is 27.4 Å². The maximum atomic E-state index is 11.3. The van der Waals surface area contributed by atoms with Gasteiger partial charge in [0.05, 0.1) is 0 Å². The first kappa shape index (κ1) is 13.2. The maximum Gasteiger partial charge on any atom is 0.300 e. The predicted octanol–water partition coefficient (Wildman–Crippen LogP) is 2.08. The number of benzene rings is 1. The van der Waals surface area contributed by atoms with Crippen LogP contribution in [-0.4, -0.2) is 5.91 Å². The topological polar surface area (TPSA) is 77.5 Å². The van der Waals surface area contributed by atoms with Crippen molar-refractivity contribution in [2.75, 3.05) is 0 Å². The van der Waals surface area contributed by atoms with Crippen molar-refractivity contribution in [1.82, 2.24) is 5.43 Å². The van der Waals surface area contributed by atoms with Gasteiger partial charge in [-0.15, -0.1) is 0 Å². The van der Waals surface area contributed by atoms with Gasteiger partial charge in [0.25, 0.3) is 0 Å². The number of amides is 1. The molecular weight excluding hydrogens is 244 g/mol. The van der Waals surface area contributed by atoms with Gasteiger partial charge >= 0.3 is 5.91 Å². The van der Waals surface area contributed by atoms with Crippen LogP contribution in [0.5, 0.6) is 5.75 Å². The van der Waals surface area contributed by atoms with Crippen molar-refractivity contribution in [2.24, 2.45) is 5.84 Å². The van der Waals surface area contributed by atoms with Crippen LogP contribution in [-0.2, 0) is 6.61 Å². The second kappa shape index (κ2) is 5.58. The molecule has 1 amide bonds. The molecule has 0 aliphatic heterocycles. The van der Waals surface area contributed by atoms with E-state index in [0.29, 0.717) is 12.4 Å². The Hall–Kier alpha value is -2.27. The van der Waals surface area contributed by atoms with E-state index < -0.39 is 5.91 Å². The van der Waals surface area contributed by atoms with E-state index in [0.717, 1.165) is 11.3 Å². The molecule has 0 aliphatic rings. The quantitative estimate of drug-likeness (QED) is 0.501. The summed E-state index contributed by atoms with van der Waals surface area (Å²) in [6, 6.07) is 9.39. The zero-order valence-electron chi connectivity index (χ0n) is 10.9. The maximum absolute atomic E-state index is 11.3. The van der Waals surface area contributed by atoms with Crippen LogP contribution >= 0.6 is 0 Å². The third-order valence-electron chi connectivity index (χ3n) is 2.79. The Morgan fingerprint density at radius 3 is 2.63 bits per heavy atom. The van der Waals surface area contributed by atoms with Crippen LogP contribution in [0.25, 0.3) is 0 Å². The van der Waals surface area contributed by atoms with Crippen molar-refractivity contribution in [3.63, 3.8) is 0 Å². The molecule has 2 aromatic rings. The number of aryl methyl sites for hydroxylation is 2. The lowest BCUT2D eigenvalue weighted by atomic mass is 10.2. The van der Waals surface area contributed by atoms with Crippen molar-refractivity contribution in [3.05, 3.63) is 53.0 Å². The van der Waals surface area contributed by atoms with Crippen LogP contribution in [0.2, 0.25) is 0 Å². The van der Waals surface area contributed by atoms with E-state index in [2.05, 4.69) is 0 Å². The molecule has 0 atom stereocenters. The number of ether oxygens (including phenoxy) is 1. The minimum atomic E-state index is -0.454. The highest BCUT2D eigenvalue weighted by Crippen LogP contribution is 2.18. The normalized spacial score (nSPS) is 10.3. The summed E-state index contributed by atoms with van der Waals surface area (Å²) in [5, 5.41) is 0. The number of hydrazine groups is 1. The molecule has 100 valence electrons. The van der Waals surface area contributed by atoms with E-state index in [1.54, 1.807) is 13.0 Å². The number of rotatable bonds is 4. The van der Waals surface area contributed by atoms with Gasteiger partial charge in [0.15, 0.2) is 5.76 Å². The smallest absolute Gasteiger partial charge is 0.300 e. The lowest BCUT2D eigenvalue weighted by molar-refractivity contribution is 0.0924. The first-order chi connectivity index (χ1) is 9.10. The largest absolute Gasteiger partial charge is 0.489 e. The fourth-order valence-corrected chi connectivity index (χ4v) is 1.64. The molecule has 0 radical (unpaired) electrons. The molecule has 2 rings (SSSR count). The third kappa shape index (κ3) is 3.14. The predicted molar refractivity (Wildman–Crippen MR) is 70.6 cm³/mol. The summed E-state index contributed by atoms with van der Waals surface area (Å²) in [4.78, 5) is 11.3. The van der Waals surface area contributed by atoms with Crippen LogP contribution in [0.15, 0.2) is 34.7 Å². The van der Waals surface area contributed by atoms with Crippen molar-refractivity contribution in [3.8, 4) is 5.75 Å². The van der Waals surface area contributed by atoms with E-state index in [1.807, 2.05) is 36.6 Å². The van der Waals surface area contributed by atoms with Crippen molar-refractivity contribution >= 4 is 5.91 Å². The average Bonchev–Trinajstić information content (AvgIpc) is 2.79. The molecular formula is C14H16N2O3.